The minimum atomic E-state index is 0.266. The van der Waals surface area contributed by atoms with Crippen molar-refractivity contribution in [3.63, 3.8) is 0 Å². The van der Waals surface area contributed by atoms with Crippen LogP contribution in [0.5, 0.6) is 0 Å². The molecule has 19 heavy (non-hydrogen) atoms. The first-order valence-electron chi connectivity index (χ1n) is 7.44. The van der Waals surface area contributed by atoms with Gasteiger partial charge in [-0.1, -0.05) is 34.5 Å². The molecule has 0 bridgehead atoms. The smallest absolute Gasteiger partial charge is 0.0513 e. The van der Waals surface area contributed by atoms with Crippen LogP contribution in [0.1, 0.15) is 49.3 Å². The van der Waals surface area contributed by atoms with Crippen molar-refractivity contribution in [3.8, 4) is 0 Å². The third kappa shape index (κ3) is 2.88. The largest absolute Gasteiger partial charge is 0.326 e. The Labute approximate surface area is 124 Å². The van der Waals surface area contributed by atoms with Crippen molar-refractivity contribution in [1.82, 2.24) is 4.90 Å². The highest BCUT2D eigenvalue weighted by molar-refractivity contribution is 9.10. The second-order valence-electron chi connectivity index (χ2n) is 6.10. The zero-order valence-electron chi connectivity index (χ0n) is 11.6. The summed E-state index contributed by atoms with van der Waals surface area (Å²) in [7, 11) is 0. The summed E-state index contributed by atoms with van der Waals surface area (Å²) in [5, 5.41) is 0. The predicted molar refractivity (Wildman–Crippen MR) is 83.2 cm³/mol. The van der Waals surface area contributed by atoms with Gasteiger partial charge >= 0.3 is 0 Å². The van der Waals surface area contributed by atoms with Gasteiger partial charge in [0.05, 0.1) is 6.04 Å². The molecule has 3 heteroatoms. The Hall–Kier alpha value is -0.380. The van der Waals surface area contributed by atoms with E-state index in [1.165, 1.54) is 47.8 Å². The molecule has 1 aromatic carbocycles. The molecule has 1 saturated carbocycles. The number of halogens is 1. The first kappa shape index (κ1) is 13.6. The van der Waals surface area contributed by atoms with E-state index in [0.717, 1.165) is 12.5 Å². The van der Waals surface area contributed by atoms with Gasteiger partial charge in [-0.25, -0.2) is 0 Å². The fourth-order valence-corrected chi connectivity index (χ4v) is 4.04. The number of hydrogen-bond acceptors (Lipinski definition) is 2. The number of benzene rings is 1. The highest BCUT2D eigenvalue weighted by Gasteiger charge is 2.38. The molecule has 1 aliphatic carbocycles. The molecule has 0 spiro atoms. The summed E-state index contributed by atoms with van der Waals surface area (Å²) in [6, 6.07) is 8.14. The lowest BCUT2D eigenvalue weighted by Crippen LogP contribution is -2.41. The molecular formula is C16H23BrN2. The van der Waals surface area contributed by atoms with Crippen LogP contribution in [0.3, 0.4) is 0 Å². The van der Waals surface area contributed by atoms with Gasteiger partial charge in [0.1, 0.15) is 0 Å². The van der Waals surface area contributed by atoms with Crippen molar-refractivity contribution >= 4 is 15.9 Å². The second kappa shape index (κ2) is 5.55. The molecule has 2 fully saturated rings. The van der Waals surface area contributed by atoms with Crippen LogP contribution in [0.25, 0.3) is 0 Å². The number of rotatable bonds is 2. The van der Waals surface area contributed by atoms with Crippen LogP contribution >= 0.6 is 15.9 Å². The van der Waals surface area contributed by atoms with E-state index in [1.807, 2.05) is 0 Å². The average Bonchev–Trinajstić information content (AvgIpc) is 3.17. The lowest BCUT2D eigenvalue weighted by atomic mass is 9.95. The Balaban J connectivity index is 1.96. The molecule has 2 unspecified atom stereocenters. The molecule has 1 aliphatic heterocycles. The van der Waals surface area contributed by atoms with Gasteiger partial charge < -0.3 is 5.73 Å². The minimum absolute atomic E-state index is 0.266. The Morgan fingerprint density at radius 3 is 2.68 bits per heavy atom. The topological polar surface area (TPSA) is 29.3 Å². The molecule has 104 valence electrons. The number of nitrogens with zero attached hydrogens (tertiary/aromatic N) is 1. The molecule has 2 aliphatic rings. The maximum atomic E-state index is 6.51. The molecule has 0 aromatic heterocycles. The number of nitrogens with two attached hydrogens (primary N) is 1. The van der Waals surface area contributed by atoms with Gasteiger partial charge in [0.15, 0.2) is 0 Å². The van der Waals surface area contributed by atoms with E-state index in [0.29, 0.717) is 6.04 Å². The molecule has 3 rings (SSSR count). The van der Waals surface area contributed by atoms with Crippen LogP contribution in [0.4, 0.5) is 0 Å². The molecule has 1 aromatic rings. The summed E-state index contributed by atoms with van der Waals surface area (Å²) < 4.78 is 1.22. The molecule has 2 atom stereocenters. The van der Waals surface area contributed by atoms with Gasteiger partial charge in [0, 0.05) is 16.6 Å². The van der Waals surface area contributed by atoms with Crippen LogP contribution in [0, 0.1) is 6.92 Å². The van der Waals surface area contributed by atoms with Crippen molar-refractivity contribution < 1.29 is 0 Å². The third-order valence-electron chi connectivity index (χ3n) is 4.46. The first-order chi connectivity index (χ1) is 9.16. The van der Waals surface area contributed by atoms with E-state index >= 15 is 0 Å². The Morgan fingerprint density at radius 2 is 2.00 bits per heavy atom. The summed E-state index contributed by atoms with van der Waals surface area (Å²) in [6.45, 7) is 3.35. The molecule has 2 N–H and O–H groups in total. The van der Waals surface area contributed by atoms with Gasteiger partial charge in [-0.15, -0.1) is 0 Å². The van der Waals surface area contributed by atoms with Gasteiger partial charge in [-0.2, -0.15) is 0 Å². The number of aryl methyl sites for hydroxylation is 1. The van der Waals surface area contributed by atoms with Gasteiger partial charge in [0.2, 0.25) is 0 Å². The molecule has 1 saturated heterocycles. The van der Waals surface area contributed by atoms with Gasteiger partial charge in [-0.05, 0) is 56.3 Å². The maximum absolute atomic E-state index is 6.51. The lowest BCUT2D eigenvalue weighted by Gasteiger charge is -2.34. The summed E-state index contributed by atoms with van der Waals surface area (Å²) in [4.78, 5) is 2.67. The molecule has 1 heterocycles. The fraction of sp³-hybridized carbons (Fsp3) is 0.625. The fourth-order valence-electron chi connectivity index (χ4n) is 3.31. The van der Waals surface area contributed by atoms with Crippen LogP contribution in [-0.4, -0.2) is 23.5 Å². The van der Waals surface area contributed by atoms with E-state index in [9.17, 15) is 0 Å². The van der Waals surface area contributed by atoms with Crippen LogP contribution in [0.2, 0.25) is 0 Å². The van der Waals surface area contributed by atoms with Crippen molar-refractivity contribution in [2.75, 3.05) is 6.54 Å². The van der Waals surface area contributed by atoms with Crippen molar-refractivity contribution in [3.05, 3.63) is 33.8 Å². The van der Waals surface area contributed by atoms with Crippen molar-refractivity contribution in [2.24, 2.45) is 5.73 Å². The van der Waals surface area contributed by atoms with Gasteiger partial charge in [-0.3, -0.25) is 4.90 Å². The summed E-state index contributed by atoms with van der Waals surface area (Å²) in [5.41, 5.74) is 9.19. The quantitative estimate of drug-likeness (QED) is 0.897. The van der Waals surface area contributed by atoms with Crippen LogP contribution in [0.15, 0.2) is 22.7 Å². The van der Waals surface area contributed by atoms with E-state index in [1.54, 1.807) is 0 Å². The van der Waals surface area contributed by atoms with E-state index in [4.69, 9.17) is 5.73 Å². The first-order valence-corrected chi connectivity index (χ1v) is 8.23. The molecule has 0 radical (unpaired) electrons. The lowest BCUT2D eigenvalue weighted by molar-refractivity contribution is 0.175. The van der Waals surface area contributed by atoms with E-state index < -0.39 is 0 Å². The monoisotopic (exact) mass is 322 g/mol. The van der Waals surface area contributed by atoms with Crippen molar-refractivity contribution in [2.45, 2.75) is 57.2 Å². The Morgan fingerprint density at radius 1 is 1.21 bits per heavy atom. The van der Waals surface area contributed by atoms with Crippen molar-refractivity contribution in [1.29, 1.82) is 0 Å². The average molecular weight is 323 g/mol. The predicted octanol–water partition coefficient (Wildman–Crippen LogP) is 3.77. The zero-order valence-corrected chi connectivity index (χ0v) is 13.2. The highest BCUT2D eigenvalue weighted by Crippen LogP contribution is 2.40. The third-order valence-corrected chi connectivity index (χ3v) is 5.14. The Kier molecular flexibility index (Phi) is 3.97. The number of likely N-dealkylation sites (tertiary alicyclic amines) is 1. The molecule has 2 nitrogen and oxygen atoms in total. The Bertz CT molecular complexity index is 456. The normalized spacial score (nSPS) is 29.2. The minimum Gasteiger partial charge on any atom is -0.326 e. The summed E-state index contributed by atoms with van der Waals surface area (Å²) in [5.74, 6) is 0. The van der Waals surface area contributed by atoms with E-state index in [2.05, 4.69) is 46.0 Å². The highest BCUT2D eigenvalue weighted by atomic mass is 79.9. The molecular weight excluding hydrogens is 300 g/mol. The summed E-state index contributed by atoms with van der Waals surface area (Å²) in [6.07, 6.45) is 6.42. The van der Waals surface area contributed by atoms with Crippen LogP contribution in [-0.2, 0) is 0 Å². The zero-order chi connectivity index (χ0) is 13.4. The van der Waals surface area contributed by atoms with Crippen LogP contribution < -0.4 is 5.73 Å². The number of hydrogen-bond donors (Lipinski definition) is 1. The SMILES string of the molecule is Cc1ccc(C2C(N)CCCCN2C2CC2)c(Br)c1. The maximum Gasteiger partial charge on any atom is 0.0513 e. The van der Waals surface area contributed by atoms with Gasteiger partial charge in [0.25, 0.3) is 0 Å². The molecule has 0 amide bonds. The summed E-state index contributed by atoms with van der Waals surface area (Å²) >= 11 is 3.75. The standard InChI is InChI=1S/C16H23BrN2/c1-11-5-8-13(14(17)10-11)16-15(18)4-2-3-9-19(16)12-6-7-12/h5,8,10,12,15-16H,2-4,6-7,9,18H2,1H3. The second-order valence-corrected chi connectivity index (χ2v) is 6.95. The van der Waals surface area contributed by atoms with E-state index in [-0.39, 0.29) is 6.04 Å².